The van der Waals surface area contributed by atoms with Crippen molar-refractivity contribution in [3.05, 3.63) is 187 Å². The summed E-state index contributed by atoms with van der Waals surface area (Å²) in [5.41, 5.74) is -27.0. The Hall–Kier alpha value is -8.76. The minimum absolute atomic E-state index is 0.652. The number of allylic oxidation sites excluding steroid dienone is 12. The third-order valence-electron chi connectivity index (χ3n) is 13.8. The lowest BCUT2D eigenvalue weighted by molar-refractivity contribution is 0.203. The topological polar surface area (TPSA) is 259 Å². The molecule has 16 nitrogen and oxygen atoms in total. The number of aliphatic hydroxyl groups excluding tert-OH is 8. The first-order valence-corrected chi connectivity index (χ1v) is 25.4. The summed E-state index contributed by atoms with van der Waals surface area (Å²) < 4.78 is 265. The second kappa shape index (κ2) is 25.5. The second-order valence-electron chi connectivity index (χ2n) is 19.2. The fourth-order valence-electron chi connectivity index (χ4n) is 9.44. The van der Waals surface area contributed by atoms with Crippen LogP contribution in [0, 0.1) is 93.1 Å². The number of hydrogen-bond acceptors (Lipinski definition) is 16. The van der Waals surface area contributed by atoms with Crippen LogP contribution in [0.15, 0.2) is 91.4 Å². The zero-order valence-electron chi connectivity index (χ0n) is 44.0. The highest BCUT2D eigenvalue weighted by molar-refractivity contribution is 6.40. The van der Waals surface area contributed by atoms with Gasteiger partial charge < -0.3 is 62.1 Å². The molecule has 0 aromatic heterocycles. The Balaban J connectivity index is 1.46. The average Bonchev–Trinajstić information content (AvgIpc) is 1.48. The average molecular weight is 1260 g/mol. The number of anilines is 4. The fourth-order valence-corrected chi connectivity index (χ4v) is 9.44. The summed E-state index contributed by atoms with van der Waals surface area (Å²) >= 11 is 0. The summed E-state index contributed by atoms with van der Waals surface area (Å²) in [5.74, 6) is -37.3. The van der Waals surface area contributed by atoms with Crippen molar-refractivity contribution in [1.29, 1.82) is 0 Å². The zero-order valence-corrected chi connectivity index (χ0v) is 44.0. The Morgan fingerprint density at radius 3 is 0.523 bits per heavy atom. The van der Waals surface area contributed by atoms with Crippen LogP contribution in [0.5, 0.6) is 0 Å². The molecule has 32 heteroatoms. The molecule has 0 saturated carbocycles. The Morgan fingerprint density at radius 1 is 0.239 bits per heavy atom. The first-order chi connectivity index (χ1) is 42.0. The quantitative estimate of drug-likeness (QED) is 0.0316. The van der Waals surface area contributed by atoms with Gasteiger partial charge in [0.2, 0.25) is 0 Å². The van der Waals surface area contributed by atoms with E-state index in [4.69, 9.17) is 0 Å². The van der Waals surface area contributed by atoms with Crippen molar-refractivity contribution in [3.63, 3.8) is 0 Å². The van der Waals surface area contributed by atoms with Crippen molar-refractivity contribution < 1.29 is 111 Å². The van der Waals surface area contributed by atoms with Crippen molar-refractivity contribution in [3.8, 4) is 0 Å². The molecule has 0 fully saturated rings. The molecule has 0 aliphatic carbocycles. The minimum atomic E-state index is -2.37. The first kappa shape index (κ1) is 63.7. The summed E-state index contributed by atoms with van der Waals surface area (Å²) in [6.07, 6.45) is 5.22. The van der Waals surface area contributed by atoms with E-state index < -0.39 is 283 Å². The van der Waals surface area contributed by atoms with Crippen LogP contribution >= 0.6 is 0 Å². The summed E-state index contributed by atoms with van der Waals surface area (Å²) in [6, 6.07) is -6.75. The molecule has 4 aromatic carbocycles. The van der Waals surface area contributed by atoms with E-state index in [9.17, 15) is 40.9 Å². The molecule has 5 heterocycles. The van der Waals surface area contributed by atoms with Crippen LogP contribution in [0.2, 0.25) is 0 Å². The molecule has 0 saturated heterocycles. The lowest BCUT2D eigenvalue weighted by Gasteiger charge is -2.20. The smallest absolute Gasteiger partial charge is 0.185 e. The van der Waals surface area contributed by atoms with E-state index in [1.807, 2.05) is 21.3 Å². The van der Waals surface area contributed by atoms with Crippen LogP contribution < -0.4 is 21.3 Å². The van der Waals surface area contributed by atoms with Crippen molar-refractivity contribution in [2.24, 2.45) is 20.0 Å². The summed E-state index contributed by atoms with van der Waals surface area (Å²) in [5, 5.41) is 84.3. The first-order valence-electron chi connectivity index (χ1n) is 25.4. The van der Waals surface area contributed by atoms with Crippen molar-refractivity contribution in [2.75, 3.05) is 74.1 Å². The number of rotatable bonds is 20. The predicted octanol–water partition coefficient (Wildman–Crippen LogP) is 6.97. The van der Waals surface area contributed by atoms with Gasteiger partial charge in [0.05, 0.1) is 145 Å². The lowest BCUT2D eigenvalue weighted by atomic mass is 9.96. The van der Waals surface area contributed by atoms with E-state index in [2.05, 4.69) is 20.0 Å². The lowest BCUT2D eigenvalue weighted by Crippen LogP contribution is -2.29. The number of aliphatic imine (C=N–C) groups is 4. The van der Waals surface area contributed by atoms with Gasteiger partial charge in [-0.1, -0.05) is 0 Å². The molecular weight excluding hydrogens is 1220 g/mol. The number of nitrogens with one attached hydrogen (secondary N) is 4. The molecule has 12 N–H and O–H groups in total. The Labute approximate surface area is 483 Å². The number of fused-ring (bicyclic) bond motifs is 4. The molecule has 0 atom stereocenters. The monoisotopic (exact) mass is 1260 g/mol. The van der Waals surface area contributed by atoms with Gasteiger partial charge in [-0.05, 0) is 48.6 Å². The molecule has 5 aliphatic heterocycles. The molecule has 0 radical (unpaired) electrons. The molecule has 0 unspecified atom stereocenters. The molecule has 4 aromatic rings. The van der Waals surface area contributed by atoms with Gasteiger partial charge >= 0.3 is 0 Å². The van der Waals surface area contributed by atoms with Crippen LogP contribution in [0.3, 0.4) is 0 Å². The van der Waals surface area contributed by atoms with E-state index in [0.717, 1.165) is 0 Å². The summed E-state index contributed by atoms with van der Waals surface area (Å²) in [4.78, 5) is 16.6. The van der Waals surface area contributed by atoms with Crippen LogP contribution in [0.4, 0.5) is 93.0 Å². The third kappa shape index (κ3) is 10.9. The van der Waals surface area contributed by atoms with E-state index in [0.29, 0.717) is 48.6 Å². The Kier molecular flexibility index (Phi) is 18.5. The fraction of sp³-hybridized carbons (Fsp3) is 0.214. The molecule has 5 aliphatic rings. The molecule has 0 amide bonds. The molecule has 9 rings (SSSR count). The Morgan fingerprint density at radius 2 is 0.386 bits per heavy atom. The van der Waals surface area contributed by atoms with Gasteiger partial charge in [-0.2, -0.15) is 0 Å². The molecule has 0 spiro atoms. The second-order valence-corrected chi connectivity index (χ2v) is 19.2. The summed E-state index contributed by atoms with van der Waals surface area (Å²) in [7, 11) is 0. The summed E-state index contributed by atoms with van der Waals surface area (Å²) in [6.45, 7) is -8.75. The Bertz CT molecular complexity index is 3400. The highest BCUT2D eigenvalue weighted by Crippen LogP contribution is 2.46. The van der Waals surface area contributed by atoms with Gasteiger partial charge in [0.25, 0.3) is 0 Å². The van der Waals surface area contributed by atoms with E-state index in [1.54, 1.807) is 0 Å². The molecular formula is C56H40F16N8O8. The number of benzene rings is 4. The van der Waals surface area contributed by atoms with Gasteiger partial charge in [-0.3, -0.25) is 0 Å². The predicted molar refractivity (Wildman–Crippen MR) is 285 cm³/mol. The van der Waals surface area contributed by atoms with E-state index in [-0.39, 0.29) is 0 Å². The number of hydrogen-bond donors (Lipinski definition) is 12. The maximum atomic E-state index is 16.9. The van der Waals surface area contributed by atoms with Crippen molar-refractivity contribution in [1.82, 2.24) is 0 Å². The maximum Gasteiger partial charge on any atom is 0.185 e. The van der Waals surface area contributed by atoms with Gasteiger partial charge in [0.15, 0.2) is 93.1 Å². The standard InChI is InChI=1S/C56H40F16N8O8/c57-37-33(38(58)46(66)53(45(37)65)73-17(9-81)10-82)29-21-1-2-22(77-21)30(34-39(59)47(67)54(48(68)40(34)60)74-18(11-83)12-84)24-5-6-26(79-24)32(36-43(63)51(71)56(52(72)44(36)64)76-20(15-87)16-88)28-8-7-27(80-28)31(25-4-3-23(29)78-25)35-41(61)49(69)55(50(70)42(35)62)75-19(13-85)14-86/h1-8,17-20,73-76,81-88H,9-16H2. The molecule has 88 heavy (non-hydrogen) atoms. The van der Waals surface area contributed by atoms with Crippen LogP contribution in [0.1, 0.15) is 22.3 Å². The van der Waals surface area contributed by atoms with E-state index in [1.165, 1.54) is 0 Å². The highest BCUT2D eigenvalue weighted by Gasteiger charge is 2.40. The van der Waals surface area contributed by atoms with E-state index >= 15 is 70.2 Å². The van der Waals surface area contributed by atoms with Gasteiger partial charge in [0, 0.05) is 22.3 Å². The number of aliphatic hydroxyl groups is 8. The molecule has 464 valence electrons. The third-order valence-corrected chi connectivity index (χ3v) is 13.8. The van der Waals surface area contributed by atoms with Gasteiger partial charge in [-0.25, -0.2) is 90.2 Å². The number of halogens is 16. The zero-order chi connectivity index (χ0) is 64.1. The van der Waals surface area contributed by atoms with Crippen LogP contribution in [0.25, 0.3) is 22.3 Å². The normalized spacial score (nSPS) is 15.5. The number of nitrogens with zero attached hydrogens (tertiary/aromatic N) is 4. The van der Waals surface area contributed by atoms with Crippen molar-refractivity contribution >= 4 is 67.9 Å². The van der Waals surface area contributed by atoms with Crippen molar-refractivity contribution in [2.45, 2.75) is 24.2 Å². The van der Waals surface area contributed by atoms with Crippen LogP contribution in [-0.4, -0.2) is 141 Å². The maximum absolute atomic E-state index is 16.9. The van der Waals surface area contributed by atoms with Gasteiger partial charge in [-0.15, -0.1) is 0 Å². The largest absolute Gasteiger partial charge is 0.394 e. The minimum Gasteiger partial charge on any atom is -0.394 e. The van der Waals surface area contributed by atoms with Gasteiger partial charge in [0.1, 0.15) is 22.7 Å². The highest BCUT2D eigenvalue weighted by atomic mass is 19.2. The van der Waals surface area contributed by atoms with Crippen LogP contribution in [-0.2, 0) is 0 Å². The SMILES string of the molecule is OCC(CO)Nc1c(F)c(F)c(C2=C3C=CC(=N3)C(c3c(F)c(F)c(NC(CO)CO)c(F)c3F)=C3C=CC(=N3)C(c3c(F)c(F)c(NC(CO)CO)c(F)c3F)=C3C=CC(=N3)C(c3c(F)c(F)c(NC(CO)CO)c(F)c3F)=C3C=CC2=N3)c(F)c1F. The molecule has 8 bridgehead atoms.